The molecule has 1 rings (SSSR count). The summed E-state index contributed by atoms with van der Waals surface area (Å²) in [4.78, 5) is 0. The van der Waals surface area contributed by atoms with Gasteiger partial charge in [0.15, 0.2) is 0 Å². The van der Waals surface area contributed by atoms with Crippen molar-refractivity contribution in [1.82, 2.24) is 4.72 Å². The number of alkyl halides is 1. The van der Waals surface area contributed by atoms with Gasteiger partial charge in [-0.05, 0) is 25.0 Å². The molecule has 0 fully saturated rings. The molecule has 0 aromatic carbocycles. The summed E-state index contributed by atoms with van der Waals surface area (Å²) in [5.41, 5.74) is 0. The molecule has 7 heteroatoms. The third-order valence-corrected chi connectivity index (χ3v) is 5.41. The van der Waals surface area contributed by atoms with Gasteiger partial charge in [-0.1, -0.05) is 27.5 Å². The van der Waals surface area contributed by atoms with Crippen LogP contribution in [0.1, 0.15) is 12.8 Å². The molecular formula is C8H11BrClNO2S2. The number of nitrogens with one attached hydrogen (secondary N) is 1. The van der Waals surface area contributed by atoms with Crippen molar-refractivity contribution in [3.05, 3.63) is 16.5 Å². The Morgan fingerprint density at radius 2 is 2.13 bits per heavy atom. The van der Waals surface area contributed by atoms with Gasteiger partial charge in [0.2, 0.25) is 10.0 Å². The Bertz CT molecular complexity index is 405. The summed E-state index contributed by atoms with van der Waals surface area (Å²) < 4.78 is 26.6. The van der Waals surface area contributed by atoms with Crippen LogP contribution in [0, 0.1) is 0 Å². The van der Waals surface area contributed by atoms with Gasteiger partial charge in [-0.25, -0.2) is 13.1 Å². The predicted octanol–water partition coefficient (Wildman–Crippen LogP) is 2.85. The van der Waals surface area contributed by atoms with E-state index in [9.17, 15) is 8.42 Å². The van der Waals surface area contributed by atoms with Crippen molar-refractivity contribution in [3.63, 3.8) is 0 Å². The first-order chi connectivity index (χ1) is 7.06. The maximum atomic E-state index is 11.6. The van der Waals surface area contributed by atoms with Crippen LogP contribution in [0.2, 0.25) is 4.34 Å². The molecule has 1 aromatic rings. The number of rotatable bonds is 6. The minimum Gasteiger partial charge on any atom is -0.210 e. The van der Waals surface area contributed by atoms with Crippen molar-refractivity contribution in [1.29, 1.82) is 0 Å². The van der Waals surface area contributed by atoms with E-state index in [1.165, 1.54) is 6.07 Å². The molecule has 0 atom stereocenters. The van der Waals surface area contributed by atoms with Crippen LogP contribution in [0.3, 0.4) is 0 Å². The lowest BCUT2D eigenvalue weighted by atomic mass is 10.3. The Hall–Kier alpha value is 0.380. The van der Waals surface area contributed by atoms with Crippen molar-refractivity contribution in [2.45, 2.75) is 17.1 Å². The first-order valence-electron chi connectivity index (χ1n) is 4.37. The topological polar surface area (TPSA) is 46.2 Å². The minimum atomic E-state index is -3.35. The van der Waals surface area contributed by atoms with Gasteiger partial charge in [-0.15, -0.1) is 11.3 Å². The van der Waals surface area contributed by atoms with Gasteiger partial charge in [0.05, 0.1) is 4.34 Å². The summed E-state index contributed by atoms with van der Waals surface area (Å²) in [7, 11) is -3.35. The van der Waals surface area contributed by atoms with Crippen LogP contribution in [-0.4, -0.2) is 20.3 Å². The number of hydrogen-bond donors (Lipinski definition) is 1. The van der Waals surface area contributed by atoms with Gasteiger partial charge in [0.25, 0.3) is 0 Å². The summed E-state index contributed by atoms with van der Waals surface area (Å²) in [6.45, 7) is 0.462. The molecule has 86 valence electrons. The lowest BCUT2D eigenvalue weighted by Gasteiger charge is -2.03. The molecule has 1 N–H and O–H groups in total. The Morgan fingerprint density at radius 1 is 1.40 bits per heavy atom. The lowest BCUT2D eigenvalue weighted by Crippen LogP contribution is -2.23. The van der Waals surface area contributed by atoms with E-state index in [0.29, 0.717) is 10.9 Å². The number of hydrogen-bond acceptors (Lipinski definition) is 3. The summed E-state index contributed by atoms with van der Waals surface area (Å²) in [5, 5.41) is 0.888. The Balaban J connectivity index is 2.53. The molecule has 0 bridgehead atoms. The van der Waals surface area contributed by atoms with Gasteiger partial charge in [0.1, 0.15) is 4.21 Å². The Kier molecular flexibility index (Phi) is 5.56. The number of halogens is 2. The number of unbranched alkanes of at least 4 members (excludes halogenated alkanes) is 1. The second-order valence-electron chi connectivity index (χ2n) is 2.85. The second-order valence-corrected chi connectivity index (χ2v) is 7.35. The standard InChI is InChI=1S/C8H11BrClNO2S2/c9-5-1-2-6-11-15(12,13)8-4-3-7(10)14-8/h3-4,11H,1-2,5-6H2. The van der Waals surface area contributed by atoms with Gasteiger partial charge >= 0.3 is 0 Å². The van der Waals surface area contributed by atoms with E-state index in [4.69, 9.17) is 11.6 Å². The SMILES string of the molecule is O=S(=O)(NCCCCBr)c1ccc(Cl)s1. The third kappa shape index (κ3) is 4.40. The minimum absolute atomic E-state index is 0.270. The van der Waals surface area contributed by atoms with Crippen molar-refractivity contribution in [3.8, 4) is 0 Å². The quantitative estimate of drug-likeness (QED) is 0.643. The number of thiophene rings is 1. The van der Waals surface area contributed by atoms with Crippen LogP contribution in [0.5, 0.6) is 0 Å². The lowest BCUT2D eigenvalue weighted by molar-refractivity contribution is 0.581. The van der Waals surface area contributed by atoms with E-state index >= 15 is 0 Å². The average molecular weight is 333 g/mol. The normalized spacial score (nSPS) is 11.9. The van der Waals surface area contributed by atoms with Crippen LogP contribution in [0.15, 0.2) is 16.3 Å². The molecule has 0 radical (unpaired) electrons. The zero-order valence-electron chi connectivity index (χ0n) is 7.87. The highest BCUT2D eigenvalue weighted by molar-refractivity contribution is 9.09. The van der Waals surface area contributed by atoms with Gasteiger partial charge in [-0.2, -0.15) is 0 Å². The predicted molar refractivity (Wildman–Crippen MR) is 67.5 cm³/mol. The molecule has 0 amide bonds. The third-order valence-electron chi connectivity index (χ3n) is 1.67. The van der Waals surface area contributed by atoms with Gasteiger partial charge in [-0.3, -0.25) is 0 Å². The Morgan fingerprint density at radius 3 is 2.67 bits per heavy atom. The van der Waals surface area contributed by atoms with Crippen molar-refractivity contribution >= 4 is 48.9 Å². The van der Waals surface area contributed by atoms with Crippen molar-refractivity contribution in [2.75, 3.05) is 11.9 Å². The Labute approximate surface area is 107 Å². The fourth-order valence-corrected chi connectivity index (χ4v) is 3.94. The van der Waals surface area contributed by atoms with Crippen LogP contribution >= 0.6 is 38.9 Å². The molecule has 0 spiro atoms. The molecule has 1 aromatic heterocycles. The van der Waals surface area contributed by atoms with Gasteiger partial charge in [0, 0.05) is 11.9 Å². The molecule has 0 aliphatic rings. The zero-order valence-corrected chi connectivity index (χ0v) is 11.8. The molecule has 0 saturated heterocycles. The van der Waals surface area contributed by atoms with E-state index < -0.39 is 10.0 Å². The smallest absolute Gasteiger partial charge is 0.210 e. The summed E-state index contributed by atoms with van der Waals surface area (Å²) in [6, 6.07) is 3.10. The molecule has 3 nitrogen and oxygen atoms in total. The molecule has 15 heavy (non-hydrogen) atoms. The second kappa shape index (κ2) is 6.20. The van der Waals surface area contributed by atoms with E-state index in [1.54, 1.807) is 6.07 Å². The highest BCUT2D eigenvalue weighted by Crippen LogP contribution is 2.25. The maximum Gasteiger partial charge on any atom is 0.250 e. The van der Waals surface area contributed by atoms with Gasteiger partial charge < -0.3 is 0 Å². The molecule has 0 aliphatic carbocycles. The van der Waals surface area contributed by atoms with Crippen molar-refractivity contribution < 1.29 is 8.42 Å². The summed E-state index contributed by atoms with van der Waals surface area (Å²) >= 11 is 10.0. The first-order valence-corrected chi connectivity index (χ1v) is 8.17. The molecular weight excluding hydrogens is 322 g/mol. The van der Waals surface area contributed by atoms with E-state index in [1.807, 2.05) is 0 Å². The van der Waals surface area contributed by atoms with Crippen LogP contribution < -0.4 is 4.72 Å². The first kappa shape index (κ1) is 13.4. The van der Waals surface area contributed by atoms with E-state index in [-0.39, 0.29) is 4.21 Å². The highest BCUT2D eigenvalue weighted by Gasteiger charge is 2.15. The average Bonchev–Trinajstić information content (AvgIpc) is 2.60. The number of sulfonamides is 1. The van der Waals surface area contributed by atoms with E-state index in [0.717, 1.165) is 29.5 Å². The highest BCUT2D eigenvalue weighted by atomic mass is 79.9. The summed E-state index contributed by atoms with van der Waals surface area (Å²) in [6.07, 6.45) is 1.78. The summed E-state index contributed by atoms with van der Waals surface area (Å²) in [5.74, 6) is 0. The maximum absolute atomic E-state index is 11.6. The molecule has 0 aliphatic heterocycles. The van der Waals surface area contributed by atoms with Crippen LogP contribution in [0.25, 0.3) is 0 Å². The molecule has 0 unspecified atom stereocenters. The molecule has 0 saturated carbocycles. The zero-order chi connectivity index (χ0) is 11.3. The van der Waals surface area contributed by atoms with Crippen molar-refractivity contribution in [2.24, 2.45) is 0 Å². The monoisotopic (exact) mass is 331 g/mol. The van der Waals surface area contributed by atoms with Crippen LogP contribution in [-0.2, 0) is 10.0 Å². The fourth-order valence-electron chi connectivity index (χ4n) is 0.939. The largest absolute Gasteiger partial charge is 0.250 e. The van der Waals surface area contributed by atoms with E-state index in [2.05, 4.69) is 20.7 Å². The fraction of sp³-hybridized carbons (Fsp3) is 0.500. The van der Waals surface area contributed by atoms with Crippen LogP contribution in [0.4, 0.5) is 0 Å². The molecule has 1 heterocycles.